The minimum Gasteiger partial charge on any atom is -0.369 e. The van der Waals surface area contributed by atoms with Gasteiger partial charge >= 0.3 is 12.1 Å². The molecule has 0 aromatic carbocycles. The highest BCUT2D eigenvalue weighted by Gasteiger charge is 2.70. The lowest BCUT2D eigenvalue weighted by Gasteiger charge is -2.62. The molecule has 41 heavy (non-hydrogen) atoms. The molecule has 2 bridgehead atoms. The maximum atomic E-state index is 13.9. The second kappa shape index (κ2) is 9.06. The quantitative estimate of drug-likeness (QED) is 0.379. The van der Waals surface area contributed by atoms with E-state index in [-0.39, 0.29) is 41.7 Å². The number of carbonyl (C=O) groups is 4. The van der Waals surface area contributed by atoms with E-state index in [4.69, 9.17) is 4.74 Å². The molecule has 7 rings (SSSR count). The van der Waals surface area contributed by atoms with E-state index in [9.17, 15) is 37.6 Å². The minimum atomic E-state index is -5.20. The zero-order valence-electron chi connectivity index (χ0n) is 23.3. The average Bonchev–Trinajstić information content (AvgIpc) is 3.56. The summed E-state index contributed by atoms with van der Waals surface area (Å²) in [6.07, 6.45) is -1.41. The predicted octanol–water partition coefficient (Wildman–Crippen LogP) is 1.54. The number of nitriles is 1. The summed E-state index contributed by atoms with van der Waals surface area (Å²) in [7, 11) is 0. The van der Waals surface area contributed by atoms with Crippen LogP contribution in [0.25, 0.3) is 0 Å². The van der Waals surface area contributed by atoms with Gasteiger partial charge in [0.25, 0.3) is 0 Å². The van der Waals surface area contributed by atoms with Crippen LogP contribution in [0, 0.1) is 40.4 Å². The Balaban J connectivity index is 1.18. The van der Waals surface area contributed by atoms with E-state index < -0.39 is 59.6 Å². The molecule has 1 spiro atoms. The normalized spacial score (nSPS) is 37.0. The topological polar surface area (TPSA) is 141 Å². The molecule has 4 amide bonds. The number of alkyl halides is 3. The van der Waals surface area contributed by atoms with E-state index in [1.165, 1.54) is 11.8 Å². The van der Waals surface area contributed by atoms with E-state index in [1.807, 2.05) is 19.2 Å². The molecule has 0 radical (unpaired) electrons. The van der Waals surface area contributed by atoms with Crippen molar-refractivity contribution in [3.05, 3.63) is 0 Å². The molecule has 0 aromatic heterocycles. The summed E-state index contributed by atoms with van der Waals surface area (Å²) in [5, 5.41) is 17.3. The van der Waals surface area contributed by atoms with Crippen LogP contribution in [-0.2, 0) is 23.9 Å². The van der Waals surface area contributed by atoms with E-state index in [0.29, 0.717) is 12.3 Å². The summed E-state index contributed by atoms with van der Waals surface area (Å²) in [5.74, 6) is -4.00. The van der Waals surface area contributed by atoms with Crippen molar-refractivity contribution in [2.45, 2.75) is 107 Å². The van der Waals surface area contributed by atoms with E-state index in [1.54, 1.807) is 0 Å². The molecule has 7 atom stereocenters. The first-order valence-corrected chi connectivity index (χ1v) is 14.5. The SMILES string of the molecule is CC(OC12CC(C1)C2)C(NC(=O)C(F)(F)F)C(=O)N1CC2C(C1C(=O)NC(C#N)CC1CC3(CC3)NC1=O)C2(C)C. The third-order valence-electron chi connectivity index (χ3n) is 10.7. The van der Waals surface area contributed by atoms with Gasteiger partial charge in [0.15, 0.2) is 0 Å². The number of nitrogens with one attached hydrogen (secondary N) is 3. The molecule has 7 aliphatic rings. The van der Waals surface area contributed by atoms with Gasteiger partial charge in [-0.05, 0) is 75.0 Å². The Kier molecular flexibility index (Phi) is 6.24. The van der Waals surface area contributed by atoms with E-state index >= 15 is 0 Å². The Morgan fingerprint density at radius 1 is 1.17 bits per heavy atom. The number of rotatable bonds is 9. The van der Waals surface area contributed by atoms with Crippen molar-refractivity contribution < 1.29 is 37.1 Å². The number of halogens is 3. The number of hydrogen-bond donors (Lipinski definition) is 3. The fraction of sp³-hybridized carbons (Fsp3) is 0.821. The standard InChI is InChI=1S/C28H36F3N5O5/c1-13(41-27-7-14(8-27)9-27)19(34-24(40)28(29,30)31)23(39)36-12-17-18(25(17,2)3)20(36)22(38)33-16(11-32)6-15-10-26(4-5-26)35-21(15)37/h13-20H,4-10,12H2,1-3H3,(H,33,38)(H,34,40)(H,35,37). The molecule has 2 heterocycles. The molecule has 2 saturated heterocycles. The van der Waals surface area contributed by atoms with E-state index in [0.717, 1.165) is 32.1 Å². The van der Waals surface area contributed by atoms with Crippen LogP contribution in [-0.4, -0.2) is 76.6 Å². The first-order chi connectivity index (χ1) is 19.1. The fourth-order valence-electron chi connectivity index (χ4n) is 7.94. The highest BCUT2D eigenvalue weighted by molar-refractivity contribution is 5.95. The highest BCUT2D eigenvalue weighted by atomic mass is 19.4. The number of carbonyl (C=O) groups excluding carboxylic acids is 4. The van der Waals surface area contributed by atoms with Crippen LogP contribution in [0.3, 0.4) is 0 Å². The Labute approximate surface area is 236 Å². The number of fused-ring (bicyclic) bond motifs is 1. The van der Waals surface area contributed by atoms with Crippen molar-refractivity contribution in [3.63, 3.8) is 0 Å². The van der Waals surface area contributed by atoms with E-state index in [2.05, 4.69) is 16.7 Å². The maximum absolute atomic E-state index is 13.9. The number of hydrogen-bond acceptors (Lipinski definition) is 6. The molecule has 13 heteroatoms. The minimum absolute atomic E-state index is 0.0640. The van der Waals surface area contributed by atoms with Crippen LogP contribution in [0.15, 0.2) is 0 Å². The molecule has 5 saturated carbocycles. The Morgan fingerprint density at radius 3 is 2.34 bits per heavy atom. The first-order valence-electron chi connectivity index (χ1n) is 14.5. The largest absolute Gasteiger partial charge is 0.471 e. The third kappa shape index (κ3) is 4.76. The zero-order chi connectivity index (χ0) is 29.7. The van der Waals surface area contributed by atoms with Gasteiger partial charge in [0.1, 0.15) is 18.1 Å². The Bertz CT molecular complexity index is 1210. The molecular formula is C28H36F3N5O5. The molecular weight excluding hydrogens is 543 g/mol. The molecule has 5 aliphatic carbocycles. The van der Waals surface area contributed by atoms with Crippen LogP contribution in [0.1, 0.15) is 65.7 Å². The molecule has 7 unspecified atom stereocenters. The lowest BCUT2D eigenvalue weighted by atomic mass is 9.52. The van der Waals surface area contributed by atoms with Gasteiger partial charge in [-0.15, -0.1) is 0 Å². The molecule has 2 aliphatic heterocycles. The van der Waals surface area contributed by atoms with Crippen LogP contribution >= 0.6 is 0 Å². The smallest absolute Gasteiger partial charge is 0.369 e. The maximum Gasteiger partial charge on any atom is 0.471 e. The Hall–Kier alpha value is -2.88. The molecule has 3 N–H and O–H groups in total. The number of nitrogens with zero attached hydrogens (tertiary/aromatic N) is 2. The second-order valence-corrected chi connectivity index (χ2v) is 13.9. The number of amides is 4. The van der Waals surface area contributed by atoms with Crippen molar-refractivity contribution in [3.8, 4) is 6.07 Å². The van der Waals surface area contributed by atoms with Crippen molar-refractivity contribution in [2.24, 2.45) is 29.1 Å². The monoisotopic (exact) mass is 579 g/mol. The number of likely N-dealkylation sites (tertiary alicyclic amines) is 1. The summed E-state index contributed by atoms with van der Waals surface area (Å²) in [6.45, 7) is 5.53. The molecule has 0 aromatic rings. The summed E-state index contributed by atoms with van der Waals surface area (Å²) in [5.41, 5.74) is -0.938. The van der Waals surface area contributed by atoms with Gasteiger partial charge in [-0.2, -0.15) is 18.4 Å². The van der Waals surface area contributed by atoms with Gasteiger partial charge in [-0.1, -0.05) is 13.8 Å². The summed E-state index contributed by atoms with van der Waals surface area (Å²) < 4.78 is 45.8. The van der Waals surface area contributed by atoms with Gasteiger partial charge < -0.3 is 25.6 Å². The highest BCUT2D eigenvalue weighted by Crippen LogP contribution is 2.65. The van der Waals surface area contributed by atoms with Crippen molar-refractivity contribution >= 4 is 23.6 Å². The summed E-state index contributed by atoms with van der Waals surface area (Å²) in [4.78, 5) is 53.2. The van der Waals surface area contributed by atoms with Gasteiger partial charge in [0.2, 0.25) is 17.7 Å². The van der Waals surface area contributed by atoms with Crippen LogP contribution in [0.4, 0.5) is 13.2 Å². The lowest BCUT2D eigenvalue weighted by Crippen LogP contribution is -2.65. The van der Waals surface area contributed by atoms with Crippen molar-refractivity contribution in [2.75, 3.05) is 6.54 Å². The average molecular weight is 580 g/mol. The zero-order valence-corrected chi connectivity index (χ0v) is 23.3. The fourth-order valence-corrected chi connectivity index (χ4v) is 7.94. The van der Waals surface area contributed by atoms with Crippen LogP contribution < -0.4 is 16.0 Å². The predicted molar refractivity (Wildman–Crippen MR) is 135 cm³/mol. The first kappa shape index (κ1) is 28.2. The Morgan fingerprint density at radius 2 is 1.83 bits per heavy atom. The van der Waals surface area contributed by atoms with Crippen molar-refractivity contribution in [1.82, 2.24) is 20.9 Å². The van der Waals surface area contributed by atoms with Crippen LogP contribution in [0.2, 0.25) is 0 Å². The molecule has 10 nitrogen and oxygen atoms in total. The second-order valence-electron chi connectivity index (χ2n) is 13.9. The van der Waals surface area contributed by atoms with Gasteiger partial charge in [-0.3, -0.25) is 19.2 Å². The molecule has 224 valence electrons. The number of ether oxygens (including phenoxy) is 1. The summed E-state index contributed by atoms with van der Waals surface area (Å²) in [6, 6.07) is -1.59. The van der Waals surface area contributed by atoms with Crippen LogP contribution in [0.5, 0.6) is 0 Å². The summed E-state index contributed by atoms with van der Waals surface area (Å²) >= 11 is 0. The van der Waals surface area contributed by atoms with Gasteiger partial charge in [0, 0.05) is 18.0 Å². The van der Waals surface area contributed by atoms with Gasteiger partial charge in [-0.25, -0.2) is 0 Å². The molecule has 7 fully saturated rings. The number of piperidine rings is 1. The van der Waals surface area contributed by atoms with Gasteiger partial charge in [0.05, 0.1) is 17.8 Å². The lowest BCUT2D eigenvalue weighted by molar-refractivity contribution is -0.250. The van der Waals surface area contributed by atoms with Crippen molar-refractivity contribution in [1.29, 1.82) is 5.26 Å². The third-order valence-corrected chi connectivity index (χ3v) is 10.7.